The van der Waals surface area contributed by atoms with Gasteiger partial charge in [0.15, 0.2) is 11.5 Å². The van der Waals surface area contributed by atoms with Gasteiger partial charge in [0.05, 0.1) is 12.2 Å². The number of carbonyl (C=O) groups is 1. The maximum atomic E-state index is 13.3. The predicted octanol–water partition coefficient (Wildman–Crippen LogP) is 5.29. The fourth-order valence-electron chi connectivity index (χ4n) is 5.90. The van der Waals surface area contributed by atoms with Gasteiger partial charge in [0.25, 0.3) is 5.56 Å². The smallest absolute Gasteiger partial charge is 0.410 e. The summed E-state index contributed by atoms with van der Waals surface area (Å²) in [5.74, 6) is 0.800. The van der Waals surface area contributed by atoms with Crippen LogP contribution in [-0.2, 0) is 16.9 Å². The molecule has 1 aliphatic heterocycles. The molecule has 0 radical (unpaired) electrons. The molecule has 13 nitrogen and oxygen atoms in total. The molecule has 0 bridgehead atoms. The van der Waals surface area contributed by atoms with Crippen LogP contribution in [0.15, 0.2) is 66.1 Å². The molecular weight excluding hydrogens is 634 g/mol. The number of unbranched alkanes of at least 4 members (excludes halogenated alkanes) is 2. The van der Waals surface area contributed by atoms with Crippen molar-refractivity contribution in [2.45, 2.75) is 71.6 Å². The second-order valence-electron chi connectivity index (χ2n) is 14.3. The minimum Gasteiger partial charge on any atom is -0.444 e. The molecule has 2 N–H and O–H groups in total. The number of rotatable bonds is 13. The van der Waals surface area contributed by atoms with Crippen molar-refractivity contribution in [3.63, 3.8) is 0 Å². The average molecular weight is 686 g/mol. The van der Waals surface area contributed by atoms with E-state index in [2.05, 4.69) is 43.8 Å². The van der Waals surface area contributed by atoms with Crippen LogP contribution in [0, 0.1) is 0 Å². The van der Waals surface area contributed by atoms with Crippen molar-refractivity contribution in [3.8, 4) is 5.82 Å². The molecule has 0 aliphatic carbocycles. The van der Waals surface area contributed by atoms with E-state index in [4.69, 9.17) is 9.72 Å². The Hall–Kier alpha value is -4.75. The minimum absolute atomic E-state index is 0.247. The van der Waals surface area contributed by atoms with Crippen LogP contribution in [0.25, 0.3) is 16.9 Å². The van der Waals surface area contributed by atoms with E-state index in [-0.39, 0.29) is 18.2 Å². The Balaban J connectivity index is 1.17. The summed E-state index contributed by atoms with van der Waals surface area (Å²) < 4.78 is 8.59. The van der Waals surface area contributed by atoms with Gasteiger partial charge in [-0.15, -0.1) is 6.58 Å². The number of allylic oxidation sites excluding steroid dienone is 1. The molecule has 5 rings (SSSR count). The van der Waals surface area contributed by atoms with E-state index in [9.17, 15) is 14.7 Å². The summed E-state index contributed by atoms with van der Waals surface area (Å²) in [6.45, 7) is 18.7. The van der Waals surface area contributed by atoms with E-state index < -0.39 is 11.2 Å². The third-order valence-corrected chi connectivity index (χ3v) is 8.59. The monoisotopic (exact) mass is 685 g/mol. The van der Waals surface area contributed by atoms with Gasteiger partial charge in [0.1, 0.15) is 16.6 Å². The van der Waals surface area contributed by atoms with Crippen LogP contribution in [0.4, 0.5) is 22.1 Å². The molecule has 1 fully saturated rings. The fraction of sp³-hybridized carbons (Fsp3) is 0.486. The van der Waals surface area contributed by atoms with Gasteiger partial charge in [-0.05, 0) is 90.4 Å². The molecule has 1 amide bonds. The quantitative estimate of drug-likeness (QED) is 0.141. The number of amides is 1. The molecular formula is C37H51N9O4. The number of ether oxygens (including phenoxy) is 1. The minimum atomic E-state index is -1.16. The van der Waals surface area contributed by atoms with Crippen LogP contribution < -0.4 is 15.8 Å². The number of nitrogens with zero attached hydrogens (tertiary/aromatic N) is 8. The molecule has 1 aliphatic rings. The first kappa shape index (κ1) is 36.5. The lowest BCUT2D eigenvalue weighted by molar-refractivity contribution is 0.0295. The Morgan fingerprint density at radius 1 is 1.02 bits per heavy atom. The van der Waals surface area contributed by atoms with Gasteiger partial charge in [-0.25, -0.2) is 24.1 Å². The van der Waals surface area contributed by atoms with Crippen molar-refractivity contribution in [2.75, 3.05) is 56.5 Å². The maximum absolute atomic E-state index is 13.3. The van der Waals surface area contributed by atoms with Crippen molar-refractivity contribution in [1.29, 1.82) is 0 Å². The van der Waals surface area contributed by atoms with Gasteiger partial charge in [-0.3, -0.25) is 9.69 Å². The van der Waals surface area contributed by atoms with Crippen molar-refractivity contribution in [3.05, 3.63) is 77.4 Å². The molecule has 0 spiro atoms. The highest BCUT2D eigenvalue weighted by Gasteiger charge is 2.23. The van der Waals surface area contributed by atoms with Crippen LogP contribution in [0.3, 0.4) is 0 Å². The van der Waals surface area contributed by atoms with E-state index in [0.717, 1.165) is 63.4 Å². The van der Waals surface area contributed by atoms with E-state index >= 15 is 0 Å². The van der Waals surface area contributed by atoms with Gasteiger partial charge in [0, 0.05) is 57.3 Å². The van der Waals surface area contributed by atoms with Gasteiger partial charge in [0.2, 0.25) is 5.95 Å². The normalized spacial score (nSPS) is 14.2. The van der Waals surface area contributed by atoms with Crippen LogP contribution in [0.1, 0.15) is 59.6 Å². The number of aromatic nitrogens is 5. The summed E-state index contributed by atoms with van der Waals surface area (Å²) in [5, 5.41) is 14.2. The summed E-state index contributed by atoms with van der Waals surface area (Å²) in [6, 6.07) is 13.5. The van der Waals surface area contributed by atoms with Gasteiger partial charge < -0.3 is 25.0 Å². The Kier molecular flexibility index (Phi) is 11.3. The predicted molar refractivity (Wildman–Crippen MR) is 197 cm³/mol. The third-order valence-electron chi connectivity index (χ3n) is 8.59. The largest absolute Gasteiger partial charge is 0.444 e. The van der Waals surface area contributed by atoms with Gasteiger partial charge in [-0.2, -0.15) is 4.98 Å². The lowest BCUT2D eigenvalue weighted by Crippen LogP contribution is -2.46. The van der Waals surface area contributed by atoms with Crippen LogP contribution >= 0.6 is 0 Å². The molecule has 0 saturated carbocycles. The van der Waals surface area contributed by atoms with Crippen molar-refractivity contribution < 1.29 is 14.6 Å². The number of anilines is 3. The number of carbonyl (C=O) groups excluding carboxylic acids is 1. The standard InChI is InChI=1S/C37H51N9O4/c1-8-19-45-33(47)29-26-38-34(41-32(29)46(45)31-14-12-13-30(40-31)37(5,6)49)39-27-15-17-28(18-16-27)44-24-22-43(23-25-44)21-11-9-10-20-42(7)35(48)50-36(2,3)4/h8,12-18,26,49H,1,9-11,19-25H2,2-7H3,(H,38,39,41). The van der Waals surface area contributed by atoms with Crippen LogP contribution in [0.5, 0.6) is 0 Å². The molecule has 1 saturated heterocycles. The zero-order valence-corrected chi connectivity index (χ0v) is 30.2. The first-order valence-electron chi connectivity index (χ1n) is 17.3. The SMILES string of the molecule is C=CCn1c(=O)c2cnc(Nc3ccc(N4CCN(CCCCCN(C)C(=O)OC(C)(C)C)CC4)cc3)nc2n1-c1cccc(C(C)(C)O)n1. The zero-order chi connectivity index (χ0) is 36.1. The van der Waals surface area contributed by atoms with Crippen molar-refractivity contribution in [1.82, 2.24) is 34.1 Å². The highest BCUT2D eigenvalue weighted by atomic mass is 16.6. The van der Waals surface area contributed by atoms with Gasteiger partial charge >= 0.3 is 6.09 Å². The Bertz CT molecular complexity index is 1830. The lowest BCUT2D eigenvalue weighted by Gasteiger charge is -2.36. The molecule has 4 aromatic rings. The number of nitrogens with one attached hydrogen (secondary N) is 1. The lowest BCUT2D eigenvalue weighted by atomic mass is 10.1. The molecule has 268 valence electrons. The van der Waals surface area contributed by atoms with Crippen molar-refractivity contribution >= 4 is 34.4 Å². The average Bonchev–Trinajstić information content (AvgIpc) is 3.34. The third kappa shape index (κ3) is 9.07. The maximum Gasteiger partial charge on any atom is 0.410 e. The number of aliphatic hydroxyl groups is 1. The Morgan fingerprint density at radius 3 is 2.40 bits per heavy atom. The number of fused-ring (bicyclic) bond motifs is 1. The zero-order valence-electron chi connectivity index (χ0n) is 30.2. The number of hydrogen-bond acceptors (Lipinski definition) is 10. The molecule has 0 unspecified atom stereocenters. The second kappa shape index (κ2) is 15.4. The number of pyridine rings is 1. The first-order chi connectivity index (χ1) is 23.7. The first-order valence-corrected chi connectivity index (χ1v) is 17.3. The molecule has 1 aromatic carbocycles. The van der Waals surface area contributed by atoms with Crippen LogP contribution in [0.2, 0.25) is 0 Å². The summed E-state index contributed by atoms with van der Waals surface area (Å²) in [5.41, 5.74) is 0.967. The number of hydrogen-bond donors (Lipinski definition) is 2. The summed E-state index contributed by atoms with van der Waals surface area (Å²) in [4.78, 5) is 45.9. The number of piperazine rings is 1. The van der Waals surface area contributed by atoms with Gasteiger partial charge in [-0.1, -0.05) is 18.6 Å². The second-order valence-corrected chi connectivity index (χ2v) is 14.3. The Labute approximate surface area is 294 Å². The fourth-order valence-corrected chi connectivity index (χ4v) is 5.90. The molecule has 4 heterocycles. The van der Waals surface area contributed by atoms with E-state index in [0.29, 0.717) is 35.0 Å². The Morgan fingerprint density at radius 2 is 1.74 bits per heavy atom. The highest BCUT2D eigenvalue weighted by molar-refractivity contribution is 5.77. The summed E-state index contributed by atoms with van der Waals surface area (Å²) in [6.07, 6.45) is 6.05. The van der Waals surface area contributed by atoms with Crippen LogP contribution in [-0.4, -0.2) is 97.2 Å². The summed E-state index contributed by atoms with van der Waals surface area (Å²) >= 11 is 0. The van der Waals surface area contributed by atoms with E-state index in [1.807, 2.05) is 32.9 Å². The van der Waals surface area contributed by atoms with Crippen molar-refractivity contribution in [2.24, 2.45) is 0 Å². The molecule has 0 atom stereocenters. The van der Waals surface area contributed by atoms with E-state index in [1.165, 1.54) is 10.9 Å². The highest BCUT2D eigenvalue weighted by Crippen LogP contribution is 2.24. The number of benzene rings is 1. The topological polar surface area (TPSA) is 134 Å². The van der Waals surface area contributed by atoms with E-state index in [1.54, 1.807) is 54.8 Å². The molecule has 3 aromatic heterocycles. The molecule has 13 heteroatoms. The summed E-state index contributed by atoms with van der Waals surface area (Å²) in [7, 11) is 1.80. The molecule has 50 heavy (non-hydrogen) atoms.